The van der Waals surface area contributed by atoms with Crippen LogP contribution in [0.25, 0.3) is 11.1 Å². The van der Waals surface area contributed by atoms with Gasteiger partial charge in [0.05, 0.1) is 13.3 Å². The van der Waals surface area contributed by atoms with Crippen molar-refractivity contribution < 1.29 is 9.53 Å². The third-order valence-corrected chi connectivity index (χ3v) is 2.50. The Bertz CT molecular complexity index is 521. The van der Waals surface area contributed by atoms with Crippen LogP contribution < -0.4 is 10.1 Å². The summed E-state index contributed by atoms with van der Waals surface area (Å²) in [6.45, 7) is 0. The molecule has 1 aromatic carbocycles. The minimum atomic E-state index is -0.127. The van der Waals surface area contributed by atoms with Gasteiger partial charge in [0.1, 0.15) is 5.75 Å². The van der Waals surface area contributed by atoms with Gasteiger partial charge in [-0.25, -0.2) is 0 Å². The second kappa shape index (κ2) is 4.69. The van der Waals surface area contributed by atoms with E-state index in [1.165, 1.54) is 0 Å². The zero-order chi connectivity index (χ0) is 12.3. The first kappa shape index (κ1) is 11.2. The summed E-state index contributed by atoms with van der Waals surface area (Å²) in [7, 11) is 3.20. The summed E-state index contributed by atoms with van der Waals surface area (Å²) in [6.07, 6.45) is 3.44. The molecule has 0 saturated heterocycles. The van der Waals surface area contributed by atoms with Crippen LogP contribution in [0.4, 0.5) is 0 Å². The molecular weight excluding hydrogens is 218 g/mol. The van der Waals surface area contributed by atoms with E-state index < -0.39 is 0 Å². The van der Waals surface area contributed by atoms with Gasteiger partial charge in [-0.05, 0) is 18.2 Å². The van der Waals surface area contributed by atoms with Gasteiger partial charge >= 0.3 is 0 Å². The Kier molecular flexibility index (Phi) is 3.09. The average Bonchev–Trinajstić information content (AvgIpc) is 2.90. The molecule has 1 heterocycles. The van der Waals surface area contributed by atoms with Crippen molar-refractivity contribution in [1.29, 1.82) is 0 Å². The lowest BCUT2D eigenvalue weighted by molar-refractivity contribution is 0.0963. The van der Waals surface area contributed by atoms with Gasteiger partial charge in [-0.2, -0.15) is 5.10 Å². The number of H-pyrrole nitrogens is 1. The topological polar surface area (TPSA) is 67.0 Å². The molecule has 5 heteroatoms. The molecular formula is C12H13N3O2. The highest BCUT2D eigenvalue weighted by molar-refractivity contribution is 5.95. The number of ether oxygens (including phenoxy) is 1. The van der Waals surface area contributed by atoms with E-state index in [4.69, 9.17) is 4.74 Å². The Labute approximate surface area is 98.8 Å². The zero-order valence-electron chi connectivity index (χ0n) is 9.65. The summed E-state index contributed by atoms with van der Waals surface area (Å²) >= 11 is 0. The lowest BCUT2D eigenvalue weighted by Crippen LogP contribution is -2.17. The molecule has 1 amide bonds. The van der Waals surface area contributed by atoms with Crippen molar-refractivity contribution in [3.63, 3.8) is 0 Å². The lowest BCUT2D eigenvalue weighted by atomic mass is 10.0. The van der Waals surface area contributed by atoms with Crippen LogP contribution in [0.1, 0.15) is 10.4 Å². The van der Waals surface area contributed by atoms with Crippen LogP contribution in [0, 0.1) is 0 Å². The number of nitrogens with zero attached hydrogens (tertiary/aromatic N) is 1. The Hall–Kier alpha value is -2.30. The number of aromatic amines is 1. The van der Waals surface area contributed by atoms with Crippen molar-refractivity contribution in [2.75, 3.05) is 14.2 Å². The smallest absolute Gasteiger partial charge is 0.251 e. The van der Waals surface area contributed by atoms with Crippen molar-refractivity contribution in [1.82, 2.24) is 15.5 Å². The molecule has 0 aliphatic heterocycles. The summed E-state index contributed by atoms with van der Waals surface area (Å²) in [5.74, 6) is 0.580. The fraction of sp³-hybridized carbons (Fsp3) is 0.167. The number of benzene rings is 1. The summed E-state index contributed by atoms with van der Waals surface area (Å²) < 4.78 is 5.26. The Morgan fingerprint density at radius 2 is 2.29 bits per heavy atom. The van der Waals surface area contributed by atoms with Gasteiger partial charge in [-0.3, -0.25) is 9.89 Å². The monoisotopic (exact) mass is 231 g/mol. The van der Waals surface area contributed by atoms with E-state index in [9.17, 15) is 4.79 Å². The highest BCUT2D eigenvalue weighted by Gasteiger charge is 2.11. The molecule has 0 atom stereocenters. The second-order valence-corrected chi connectivity index (χ2v) is 3.48. The number of carbonyl (C=O) groups excluding carboxylic acids is 1. The molecule has 88 valence electrons. The van der Waals surface area contributed by atoms with Crippen molar-refractivity contribution in [3.8, 4) is 16.9 Å². The van der Waals surface area contributed by atoms with Gasteiger partial charge in [-0.15, -0.1) is 0 Å². The zero-order valence-corrected chi connectivity index (χ0v) is 9.65. The third kappa shape index (κ3) is 2.13. The Morgan fingerprint density at radius 3 is 2.88 bits per heavy atom. The first-order valence-electron chi connectivity index (χ1n) is 5.15. The molecule has 17 heavy (non-hydrogen) atoms. The van der Waals surface area contributed by atoms with Crippen molar-refractivity contribution >= 4 is 5.91 Å². The van der Waals surface area contributed by atoms with E-state index in [-0.39, 0.29) is 5.91 Å². The fourth-order valence-electron chi connectivity index (χ4n) is 1.62. The molecule has 2 rings (SSSR count). The Morgan fingerprint density at radius 1 is 1.47 bits per heavy atom. The molecule has 0 saturated carbocycles. The number of hydrogen-bond donors (Lipinski definition) is 2. The summed E-state index contributed by atoms with van der Waals surface area (Å²) in [5, 5.41) is 9.21. The number of methoxy groups -OCH3 is 1. The van der Waals surface area contributed by atoms with Crippen LogP contribution in [0.3, 0.4) is 0 Å². The molecule has 0 unspecified atom stereocenters. The fourth-order valence-corrected chi connectivity index (χ4v) is 1.62. The van der Waals surface area contributed by atoms with Crippen LogP contribution in [0.5, 0.6) is 5.75 Å². The van der Waals surface area contributed by atoms with Gasteiger partial charge in [0.15, 0.2) is 0 Å². The normalized spacial score (nSPS) is 10.0. The minimum Gasteiger partial charge on any atom is -0.496 e. The van der Waals surface area contributed by atoms with Crippen LogP contribution >= 0.6 is 0 Å². The predicted octanol–water partition coefficient (Wildman–Crippen LogP) is 1.44. The Balaban J connectivity index is 2.51. The number of hydrogen-bond acceptors (Lipinski definition) is 3. The molecule has 5 nitrogen and oxygen atoms in total. The van der Waals surface area contributed by atoms with Gasteiger partial charge in [0.2, 0.25) is 0 Å². The first-order valence-corrected chi connectivity index (χ1v) is 5.15. The molecule has 0 aliphatic rings. The highest BCUT2D eigenvalue weighted by Crippen LogP contribution is 2.30. The quantitative estimate of drug-likeness (QED) is 0.840. The minimum absolute atomic E-state index is 0.127. The van der Waals surface area contributed by atoms with Crippen molar-refractivity contribution in [3.05, 3.63) is 36.2 Å². The van der Waals surface area contributed by atoms with Crippen LogP contribution in [0.2, 0.25) is 0 Å². The van der Waals surface area contributed by atoms with Gasteiger partial charge in [0, 0.05) is 29.9 Å². The number of nitrogens with one attached hydrogen (secondary N) is 2. The standard InChI is InChI=1S/C12H13N3O2/c1-13-12(16)8-3-4-11(17-2)10(5-8)9-6-14-15-7-9/h3-7H,1-2H3,(H,13,16)(H,14,15). The first-order chi connectivity index (χ1) is 8.26. The number of rotatable bonds is 3. The van der Waals surface area contributed by atoms with E-state index in [1.54, 1.807) is 44.8 Å². The van der Waals surface area contributed by atoms with Crippen molar-refractivity contribution in [2.24, 2.45) is 0 Å². The van der Waals surface area contributed by atoms with Crippen LogP contribution in [-0.4, -0.2) is 30.3 Å². The molecule has 1 aromatic heterocycles. The van der Waals surface area contributed by atoms with E-state index in [2.05, 4.69) is 15.5 Å². The van der Waals surface area contributed by atoms with E-state index >= 15 is 0 Å². The maximum Gasteiger partial charge on any atom is 0.251 e. The predicted molar refractivity (Wildman–Crippen MR) is 64.0 cm³/mol. The molecule has 0 radical (unpaired) electrons. The van der Waals surface area contributed by atoms with Gasteiger partial charge in [-0.1, -0.05) is 0 Å². The van der Waals surface area contributed by atoms with Gasteiger partial charge < -0.3 is 10.1 Å². The average molecular weight is 231 g/mol. The third-order valence-electron chi connectivity index (χ3n) is 2.50. The summed E-state index contributed by atoms with van der Waals surface area (Å²) in [5.41, 5.74) is 2.31. The molecule has 0 bridgehead atoms. The van der Waals surface area contributed by atoms with Crippen LogP contribution in [0.15, 0.2) is 30.6 Å². The largest absolute Gasteiger partial charge is 0.496 e. The summed E-state index contributed by atoms with van der Waals surface area (Å²) in [4.78, 5) is 11.6. The van der Waals surface area contributed by atoms with E-state index in [0.717, 1.165) is 11.1 Å². The maximum atomic E-state index is 11.6. The SMILES string of the molecule is CNC(=O)c1ccc(OC)c(-c2cn[nH]c2)c1. The van der Waals surface area contributed by atoms with Crippen molar-refractivity contribution in [2.45, 2.75) is 0 Å². The molecule has 2 aromatic rings. The number of amides is 1. The van der Waals surface area contributed by atoms with E-state index in [1.807, 2.05) is 0 Å². The number of carbonyl (C=O) groups is 1. The van der Waals surface area contributed by atoms with Crippen LogP contribution in [-0.2, 0) is 0 Å². The maximum absolute atomic E-state index is 11.6. The van der Waals surface area contributed by atoms with Gasteiger partial charge in [0.25, 0.3) is 5.91 Å². The molecule has 2 N–H and O–H groups in total. The highest BCUT2D eigenvalue weighted by atomic mass is 16.5. The number of aromatic nitrogens is 2. The second-order valence-electron chi connectivity index (χ2n) is 3.48. The van der Waals surface area contributed by atoms with E-state index in [0.29, 0.717) is 11.3 Å². The molecule has 0 aliphatic carbocycles. The molecule has 0 fully saturated rings. The summed E-state index contributed by atoms with van der Waals surface area (Å²) in [6, 6.07) is 5.27. The molecule has 0 spiro atoms. The lowest BCUT2D eigenvalue weighted by Gasteiger charge is -2.08.